The molecule has 0 saturated carbocycles. The number of nitrogens with two attached hydrogens (primary N) is 2. The molecule has 0 spiro atoms. The van der Waals surface area contributed by atoms with E-state index in [-0.39, 0.29) is 18.9 Å². The molecule has 1 atom stereocenters. The summed E-state index contributed by atoms with van der Waals surface area (Å²) in [5.41, 5.74) is 10.7. The molecule has 0 bridgehead atoms. The average molecular weight is 287 g/mol. The third kappa shape index (κ3) is 8.87. The van der Waals surface area contributed by atoms with Gasteiger partial charge in [0.1, 0.15) is 0 Å². The maximum Gasteiger partial charge on any atom is 0.240 e. The highest BCUT2D eigenvalue weighted by Crippen LogP contribution is 2.06. The van der Waals surface area contributed by atoms with Crippen LogP contribution in [-0.4, -0.2) is 47.6 Å². The lowest BCUT2D eigenvalue weighted by molar-refractivity contribution is -0.134. The van der Waals surface area contributed by atoms with Crippen molar-refractivity contribution in [2.24, 2.45) is 11.5 Å². The summed E-state index contributed by atoms with van der Waals surface area (Å²) in [5.74, 6) is -0.830. The quantitative estimate of drug-likeness (QED) is 0.450. The van der Waals surface area contributed by atoms with Crippen molar-refractivity contribution < 1.29 is 14.7 Å². The molecule has 20 heavy (non-hydrogen) atoms. The number of hydrogen-bond acceptors (Lipinski definition) is 4. The Morgan fingerprint density at radius 3 is 2.25 bits per heavy atom. The van der Waals surface area contributed by atoms with E-state index in [9.17, 15) is 9.59 Å². The molecule has 2 amide bonds. The topological polar surface area (TPSA) is 110 Å². The van der Waals surface area contributed by atoms with Gasteiger partial charge in [-0.15, -0.1) is 0 Å². The minimum atomic E-state index is -0.873. The smallest absolute Gasteiger partial charge is 0.240 e. The molecule has 5 N–H and O–H groups in total. The van der Waals surface area contributed by atoms with Crippen molar-refractivity contribution in [3.63, 3.8) is 0 Å². The van der Waals surface area contributed by atoms with E-state index < -0.39 is 11.9 Å². The Morgan fingerprint density at radius 1 is 1.10 bits per heavy atom. The number of aliphatic hydroxyl groups is 1. The number of primary amides is 1. The summed E-state index contributed by atoms with van der Waals surface area (Å²) in [5, 5.41) is 8.88. The van der Waals surface area contributed by atoms with Gasteiger partial charge in [0.05, 0.1) is 12.5 Å². The lowest BCUT2D eigenvalue weighted by Gasteiger charge is -2.25. The monoisotopic (exact) mass is 287 g/mol. The van der Waals surface area contributed by atoms with Crippen LogP contribution < -0.4 is 11.5 Å². The molecule has 0 aromatic heterocycles. The van der Waals surface area contributed by atoms with Crippen LogP contribution in [0.5, 0.6) is 0 Å². The van der Waals surface area contributed by atoms with Gasteiger partial charge in [0.2, 0.25) is 11.8 Å². The summed E-state index contributed by atoms with van der Waals surface area (Å²) < 4.78 is 0. The van der Waals surface area contributed by atoms with Crippen molar-refractivity contribution >= 4 is 11.8 Å². The van der Waals surface area contributed by atoms with Gasteiger partial charge in [-0.2, -0.15) is 0 Å². The van der Waals surface area contributed by atoms with Crippen molar-refractivity contribution in [1.29, 1.82) is 0 Å². The van der Waals surface area contributed by atoms with Gasteiger partial charge in [-0.05, 0) is 12.8 Å². The van der Waals surface area contributed by atoms with E-state index in [1.807, 2.05) is 0 Å². The number of carbonyl (C=O) groups excluding carboxylic acids is 2. The highest BCUT2D eigenvalue weighted by molar-refractivity contribution is 5.87. The molecule has 0 heterocycles. The summed E-state index contributed by atoms with van der Waals surface area (Å²) >= 11 is 0. The summed E-state index contributed by atoms with van der Waals surface area (Å²) in [7, 11) is 0. The standard InChI is InChI=1S/C14H29N3O3/c1-2-3-4-5-6-8-17(9-7-10-18)14(20)12(15)11-13(16)19/h12,18H,2-11,15H2,1H3,(H2,16,19). The minimum absolute atomic E-state index is 0.0324. The van der Waals surface area contributed by atoms with E-state index in [4.69, 9.17) is 16.6 Å². The molecule has 0 aromatic carbocycles. The number of nitrogens with zero attached hydrogens (tertiary/aromatic N) is 1. The second-order valence-corrected chi connectivity index (χ2v) is 5.09. The second kappa shape index (κ2) is 11.7. The maximum atomic E-state index is 12.1. The number of rotatable bonds is 12. The van der Waals surface area contributed by atoms with Crippen LogP contribution >= 0.6 is 0 Å². The van der Waals surface area contributed by atoms with E-state index in [1.165, 1.54) is 12.8 Å². The van der Waals surface area contributed by atoms with E-state index in [0.717, 1.165) is 19.3 Å². The van der Waals surface area contributed by atoms with Gasteiger partial charge in [-0.1, -0.05) is 32.6 Å². The molecular weight excluding hydrogens is 258 g/mol. The minimum Gasteiger partial charge on any atom is -0.396 e. The largest absolute Gasteiger partial charge is 0.396 e. The van der Waals surface area contributed by atoms with E-state index in [2.05, 4.69) is 6.92 Å². The first-order valence-electron chi connectivity index (χ1n) is 7.46. The summed E-state index contributed by atoms with van der Waals surface area (Å²) in [6, 6.07) is -0.873. The summed E-state index contributed by atoms with van der Waals surface area (Å²) in [6.45, 7) is 3.27. The lowest BCUT2D eigenvalue weighted by atomic mass is 10.1. The second-order valence-electron chi connectivity index (χ2n) is 5.09. The van der Waals surface area contributed by atoms with Crippen LogP contribution in [0.2, 0.25) is 0 Å². The SMILES string of the molecule is CCCCCCCN(CCCO)C(=O)C(N)CC(N)=O. The summed E-state index contributed by atoms with van der Waals surface area (Å²) in [4.78, 5) is 24.6. The first-order chi connectivity index (χ1) is 9.52. The molecule has 0 radical (unpaired) electrons. The summed E-state index contributed by atoms with van der Waals surface area (Å²) in [6.07, 6.45) is 5.91. The number of hydrogen-bond donors (Lipinski definition) is 3. The Kier molecular flexibility index (Phi) is 11.0. The van der Waals surface area contributed by atoms with Gasteiger partial charge in [0.15, 0.2) is 0 Å². The van der Waals surface area contributed by atoms with Crippen molar-refractivity contribution in [2.45, 2.75) is 57.9 Å². The Hall–Kier alpha value is -1.14. The molecule has 6 nitrogen and oxygen atoms in total. The molecule has 0 aliphatic heterocycles. The fourth-order valence-electron chi connectivity index (χ4n) is 2.04. The number of amides is 2. The number of carbonyl (C=O) groups is 2. The zero-order valence-corrected chi connectivity index (χ0v) is 12.5. The van der Waals surface area contributed by atoms with Crippen LogP contribution in [0.1, 0.15) is 51.9 Å². The van der Waals surface area contributed by atoms with Crippen LogP contribution in [0.25, 0.3) is 0 Å². The van der Waals surface area contributed by atoms with Crippen LogP contribution in [0, 0.1) is 0 Å². The normalized spacial score (nSPS) is 12.2. The van der Waals surface area contributed by atoms with Gasteiger partial charge in [-0.3, -0.25) is 9.59 Å². The van der Waals surface area contributed by atoms with E-state index in [0.29, 0.717) is 19.5 Å². The molecule has 0 aliphatic carbocycles. The zero-order valence-electron chi connectivity index (χ0n) is 12.5. The third-order valence-corrected chi connectivity index (χ3v) is 3.17. The van der Waals surface area contributed by atoms with Crippen LogP contribution in [0.3, 0.4) is 0 Å². The Labute approximate surface area is 121 Å². The van der Waals surface area contributed by atoms with Crippen molar-refractivity contribution in [2.75, 3.05) is 19.7 Å². The van der Waals surface area contributed by atoms with Crippen molar-refractivity contribution in [3.05, 3.63) is 0 Å². The van der Waals surface area contributed by atoms with Crippen LogP contribution in [0.4, 0.5) is 0 Å². The molecule has 0 fully saturated rings. The van der Waals surface area contributed by atoms with E-state index in [1.54, 1.807) is 4.90 Å². The predicted molar refractivity (Wildman–Crippen MR) is 78.8 cm³/mol. The van der Waals surface area contributed by atoms with Gasteiger partial charge in [-0.25, -0.2) is 0 Å². The Bertz CT molecular complexity index is 285. The first kappa shape index (κ1) is 18.9. The van der Waals surface area contributed by atoms with Crippen molar-refractivity contribution in [3.8, 4) is 0 Å². The van der Waals surface area contributed by atoms with Crippen LogP contribution in [0.15, 0.2) is 0 Å². The molecular formula is C14H29N3O3. The van der Waals surface area contributed by atoms with Gasteiger partial charge in [0.25, 0.3) is 0 Å². The van der Waals surface area contributed by atoms with E-state index >= 15 is 0 Å². The third-order valence-electron chi connectivity index (χ3n) is 3.17. The highest BCUT2D eigenvalue weighted by Gasteiger charge is 2.21. The molecule has 0 rings (SSSR count). The fraction of sp³-hybridized carbons (Fsp3) is 0.857. The van der Waals surface area contributed by atoms with Gasteiger partial charge >= 0.3 is 0 Å². The first-order valence-corrected chi connectivity index (χ1v) is 7.46. The molecule has 118 valence electrons. The molecule has 0 aliphatic rings. The zero-order chi connectivity index (χ0) is 15.4. The fourth-order valence-corrected chi connectivity index (χ4v) is 2.04. The Morgan fingerprint density at radius 2 is 1.70 bits per heavy atom. The lowest BCUT2D eigenvalue weighted by Crippen LogP contribution is -2.46. The van der Waals surface area contributed by atoms with Gasteiger partial charge < -0.3 is 21.5 Å². The number of unbranched alkanes of at least 4 members (excludes halogenated alkanes) is 4. The average Bonchev–Trinajstić information content (AvgIpc) is 2.40. The Balaban J connectivity index is 4.23. The molecule has 0 aromatic rings. The maximum absolute atomic E-state index is 12.1. The molecule has 0 saturated heterocycles. The molecule has 1 unspecified atom stereocenters. The number of aliphatic hydroxyl groups excluding tert-OH is 1. The predicted octanol–water partition coefficient (Wildman–Crippen LogP) is 0.371. The highest BCUT2D eigenvalue weighted by atomic mass is 16.3. The van der Waals surface area contributed by atoms with Crippen molar-refractivity contribution in [1.82, 2.24) is 4.90 Å². The molecule has 6 heteroatoms. The van der Waals surface area contributed by atoms with Crippen LogP contribution in [-0.2, 0) is 9.59 Å². The van der Waals surface area contributed by atoms with Gasteiger partial charge in [0, 0.05) is 19.7 Å².